The molecule has 0 aliphatic rings. The minimum Gasteiger partial charge on any atom is -0.496 e. The molecule has 1 aromatic carbocycles. The maximum atomic E-state index is 10.3. The fraction of sp³-hybridized carbons (Fsp3) is 0.250. The van der Waals surface area contributed by atoms with Crippen molar-refractivity contribution >= 4 is 17.6 Å². The van der Waals surface area contributed by atoms with Crippen LogP contribution in [0.5, 0.6) is 5.75 Å². The van der Waals surface area contributed by atoms with Crippen LogP contribution in [0.15, 0.2) is 22.6 Å². The lowest BCUT2D eigenvalue weighted by Gasteiger charge is -2.04. The number of ether oxygens (including phenoxy) is 2. The van der Waals surface area contributed by atoms with Crippen LogP contribution < -0.4 is 4.74 Å². The highest BCUT2D eigenvalue weighted by Gasteiger charge is 2.14. The first-order valence-electron chi connectivity index (χ1n) is 5.56. The monoisotopic (exact) mass is 298 g/mol. The van der Waals surface area contributed by atoms with Crippen molar-refractivity contribution < 1.29 is 23.8 Å². The Hall–Kier alpha value is -2.12. The van der Waals surface area contributed by atoms with Crippen molar-refractivity contribution in [3.05, 3.63) is 29.1 Å². The van der Waals surface area contributed by atoms with Crippen LogP contribution in [0.25, 0.3) is 11.5 Å². The molecule has 0 fully saturated rings. The number of carboxylic acids is 1. The van der Waals surface area contributed by atoms with Gasteiger partial charge in [0.05, 0.1) is 12.7 Å². The summed E-state index contributed by atoms with van der Waals surface area (Å²) in [4.78, 5) is 10.3. The van der Waals surface area contributed by atoms with E-state index < -0.39 is 12.6 Å². The van der Waals surface area contributed by atoms with Crippen LogP contribution in [0.4, 0.5) is 0 Å². The maximum absolute atomic E-state index is 10.3. The van der Waals surface area contributed by atoms with E-state index in [0.717, 1.165) is 0 Å². The average Bonchev–Trinajstić information content (AvgIpc) is 2.86. The summed E-state index contributed by atoms with van der Waals surface area (Å²) in [5, 5.41) is 16.6. The number of carboxylic acid groups (broad SMARTS) is 1. The fourth-order valence-corrected chi connectivity index (χ4v) is 1.65. The molecule has 1 aromatic heterocycles. The van der Waals surface area contributed by atoms with Gasteiger partial charge < -0.3 is 19.0 Å². The third kappa shape index (κ3) is 3.46. The first-order chi connectivity index (χ1) is 9.60. The summed E-state index contributed by atoms with van der Waals surface area (Å²) in [6, 6.07) is 4.99. The SMILES string of the molecule is COc1cc(Cl)ccc1-c1nnc(COCC(=O)O)o1. The number of benzene rings is 1. The fourth-order valence-electron chi connectivity index (χ4n) is 1.49. The molecule has 0 bridgehead atoms. The van der Waals surface area contributed by atoms with Crippen LogP contribution in [-0.2, 0) is 16.1 Å². The summed E-state index contributed by atoms with van der Waals surface area (Å²) >= 11 is 5.86. The lowest BCUT2D eigenvalue weighted by Crippen LogP contribution is -2.06. The minimum absolute atomic E-state index is 0.0742. The summed E-state index contributed by atoms with van der Waals surface area (Å²) in [6.07, 6.45) is 0. The summed E-state index contributed by atoms with van der Waals surface area (Å²) in [5.41, 5.74) is 0.592. The van der Waals surface area contributed by atoms with Gasteiger partial charge in [-0.25, -0.2) is 4.79 Å². The summed E-state index contributed by atoms with van der Waals surface area (Å²) in [7, 11) is 1.50. The molecule has 0 spiro atoms. The molecule has 1 heterocycles. The van der Waals surface area contributed by atoms with Gasteiger partial charge in [0.25, 0.3) is 5.89 Å². The van der Waals surface area contributed by atoms with Crippen molar-refractivity contribution in [1.82, 2.24) is 10.2 Å². The van der Waals surface area contributed by atoms with Gasteiger partial charge in [0.15, 0.2) is 0 Å². The highest BCUT2D eigenvalue weighted by atomic mass is 35.5. The molecule has 0 aliphatic heterocycles. The van der Waals surface area contributed by atoms with Crippen LogP contribution >= 0.6 is 11.6 Å². The highest BCUT2D eigenvalue weighted by molar-refractivity contribution is 6.30. The second-order valence-corrected chi connectivity index (χ2v) is 4.17. The van der Waals surface area contributed by atoms with Gasteiger partial charge in [0.1, 0.15) is 19.0 Å². The molecule has 0 saturated carbocycles. The van der Waals surface area contributed by atoms with Crippen molar-refractivity contribution in [2.45, 2.75) is 6.61 Å². The van der Waals surface area contributed by atoms with Gasteiger partial charge in [-0.05, 0) is 18.2 Å². The summed E-state index contributed by atoms with van der Waals surface area (Å²) in [5.74, 6) is -0.144. The van der Waals surface area contributed by atoms with Crippen LogP contribution in [0.3, 0.4) is 0 Å². The van der Waals surface area contributed by atoms with E-state index in [9.17, 15) is 4.79 Å². The molecule has 2 rings (SSSR count). The van der Waals surface area contributed by atoms with Crippen LogP contribution in [0.2, 0.25) is 5.02 Å². The molecule has 106 valence electrons. The predicted molar refractivity (Wildman–Crippen MR) is 68.6 cm³/mol. The smallest absolute Gasteiger partial charge is 0.329 e. The van der Waals surface area contributed by atoms with E-state index in [1.54, 1.807) is 18.2 Å². The second-order valence-electron chi connectivity index (χ2n) is 3.73. The molecule has 0 unspecified atom stereocenters. The Morgan fingerprint density at radius 2 is 2.25 bits per heavy atom. The number of hydrogen-bond acceptors (Lipinski definition) is 6. The third-order valence-corrected chi connectivity index (χ3v) is 2.55. The third-order valence-electron chi connectivity index (χ3n) is 2.31. The Morgan fingerprint density at radius 3 is 2.95 bits per heavy atom. The van der Waals surface area contributed by atoms with E-state index in [0.29, 0.717) is 16.3 Å². The van der Waals surface area contributed by atoms with Crippen LogP contribution in [-0.4, -0.2) is 35.0 Å². The van der Waals surface area contributed by atoms with Crippen LogP contribution in [0, 0.1) is 0 Å². The molecule has 20 heavy (non-hydrogen) atoms. The van der Waals surface area contributed by atoms with E-state index >= 15 is 0 Å². The van der Waals surface area contributed by atoms with E-state index in [1.165, 1.54) is 7.11 Å². The molecule has 7 nitrogen and oxygen atoms in total. The number of halogens is 1. The molecular formula is C12H11ClN2O5. The zero-order valence-electron chi connectivity index (χ0n) is 10.5. The summed E-state index contributed by atoms with van der Waals surface area (Å²) in [6.45, 7) is -0.503. The molecule has 0 radical (unpaired) electrons. The Morgan fingerprint density at radius 1 is 1.45 bits per heavy atom. The highest BCUT2D eigenvalue weighted by Crippen LogP contribution is 2.31. The lowest BCUT2D eigenvalue weighted by atomic mass is 10.2. The van der Waals surface area contributed by atoms with E-state index in [-0.39, 0.29) is 18.4 Å². The standard InChI is InChI=1S/C12H11ClN2O5/c1-18-9-4-7(13)2-3-8(9)12-15-14-10(20-12)5-19-6-11(16)17/h2-4H,5-6H2,1H3,(H,16,17). The lowest BCUT2D eigenvalue weighted by molar-refractivity contribution is -0.142. The van der Waals surface area contributed by atoms with Gasteiger partial charge >= 0.3 is 5.97 Å². The molecule has 8 heteroatoms. The molecule has 2 aromatic rings. The number of rotatable bonds is 6. The topological polar surface area (TPSA) is 94.7 Å². The van der Waals surface area contributed by atoms with Crippen molar-refractivity contribution in [1.29, 1.82) is 0 Å². The molecular weight excluding hydrogens is 288 g/mol. The molecule has 0 atom stereocenters. The molecule has 1 N–H and O–H groups in total. The number of aliphatic carboxylic acids is 1. The number of carbonyl (C=O) groups is 1. The van der Waals surface area contributed by atoms with E-state index in [4.69, 9.17) is 30.6 Å². The Bertz CT molecular complexity index is 614. The van der Waals surface area contributed by atoms with Crippen molar-refractivity contribution in [2.24, 2.45) is 0 Å². The Kier molecular flexibility index (Phi) is 4.54. The zero-order valence-corrected chi connectivity index (χ0v) is 11.3. The van der Waals surface area contributed by atoms with Gasteiger partial charge in [-0.2, -0.15) is 0 Å². The first-order valence-corrected chi connectivity index (χ1v) is 5.94. The molecule has 0 aliphatic carbocycles. The maximum Gasteiger partial charge on any atom is 0.329 e. The van der Waals surface area contributed by atoms with Crippen molar-refractivity contribution in [3.63, 3.8) is 0 Å². The van der Waals surface area contributed by atoms with Gasteiger partial charge in [-0.3, -0.25) is 0 Å². The predicted octanol–water partition coefficient (Wildman–Crippen LogP) is 2.00. The Labute approximate surface area is 119 Å². The minimum atomic E-state index is -1.07. The second kappa shape index (κ2) is 6.36. The Balaban J connectivity index is 2.14. The van der Waals surface area contributed by atoms with Gasteiger partial charge in [0, 0.05) is 5.02 Å². The number of aromatic nitrogens is 2. The van der Waals surface area contributed by atoms with E-state index in [2.05, 4.69) is 10.2 Å². The average molecular weight is 299 g/mol. The van der Waals surface area contributed by atoms with Gasteiger partial charge in [-0.1, -0.05) is 11.6 Å². The van der Waals surface area contributed by atoms with Gasteiger partial charge in [-0.15, -0.1) is 10.2 Å². The first kappa shape index (κ1) is 14.3. The van der Waals surface area contributed by atoms with E-state index in [1.807, 2.05) is 0 Å². The van der Waals surface area contributed by atoms with Gasteiger partial charge in [0.2, 0.25) is 5.89 Å². The van der Waals surface area contributed by atoms with Crippen molar-refractivity contribution in [2.75, 3.05) is 13.7 Å². The zero-order chi connectivity index (χ0) is 14.5. The normalized spacial score (nSPS) is 10.5. The quantitative estimate of drug-likeness (QED) is 0.871. The molecule has 0 saturated heterocycles. The number of methoxy groups -OCH3 is 1. The van der Waals surface area contributed by atoms with Crippen LogP contribution in [0.1, 0.15) is 5.89 Å². The van der Waals surface area contributed by atoms with Crippen molar-refractivity contribution in [3.8, 4) is 17.2 Å². The largest absolute Gasteiger partial charge is 0.496 e. The number of hydrogen-bond donors (Lipinski definition) is 1. The molecule has 0 amide bonds. The number of nitrogens with zero attached hydrogens (tertiary/aromatic N) is 2. The summed E-state index contributed by atoms with van der Waals surface area (Å²) < 4.78 is 15.4.